The molecule has 3 N–H and O–H groups in total. The molecule has 1 aromatic carbocycles. The second-order valence-corrected chi connectivity index (χ2v) is 6.96. The second kappa shape index (κ2) is 7.30. The van der Waals surface area contributed by atoms with E-state index in [0.717, 1.165) is 10.9 Å². The topological polar surface area (TPSA) is 78.4 Å². The van der Waals surface area contributed by atoms with Crippen LogP contribution in [0.15, 0.2) is 33.6 Å². The summed E-state index contributed by atoms with van der Waals surface area (Å²) < 4.78 is 27.6. The minimum Gasteiger partial charge on any atom is -0.291 e. The van der Waals surface area contributed by atoms with Crippen LogP contribution in [0, 0.1) is 0 Å². The molecule has 0 bridgehead atoms. The van der Waals surface area contributed by atoms with Gasteiger partial charge in [-0.2, -0.15) is 0 Å². The van der Waals surface area contributed by atoms with E-state index in [0.29, 0.717) is 6.42 Å². The van der Waals surface area contributed by atoms with E-state index in [-0.39, 0.29) is 9.88 Å². The predicted octanol–water partition coefficient (Wildman–Crippen LogP) is 2.20. The first kappa shape index (κ1) is 16.5. The van der Waals surface area contributed by atoms with Gasteiger partial charge in [0.05, 0.1) is 10.9 Å². The Bertz CT molecular complexity index is 531. The maximum atomic E-state index is 12.2. The zero-order valence-electron chi connectivity index (χ0n) is 10.3. The van der Waals surface area contributed by atoms with Crippen molar-refractivity contribution < 1.29 is 13.6 Å². The Labute approximate surface area is 126 Å². The molecule has 0 aliphatic heterocycles. The van der Waals surface area contributed by atoms with Crippen molar-refractivity contribution in [1.29, 1.82) is 0 Å². The monoisotopic (exact) mass is 366 g/mol. The highest BCUT2D eigenvalue weighted by atomic mass is 79.9. The van der Waals surface area contributed by atoms with Crippen LogP contribution in [0.5, 0.6) is 0 Å². The number of benzene rings is 1. The zero-order valence-corrected chi connectivity index (χ0v) is 13.5. The Kier molecular flexibility index (Phi) is 6.34. The number of hydroxylamine groups is 1. The van der Waals surface area contributed by atoms with Crippen molar-refractivity contribution >= 4 is 43.2 Å². The van der Waals surface area contributed by atoms with Crippen LogP contribution < -0.4 is 10.2 Å². The Morgan fingerprint density at radius 2 is 2.00 bits per heavy atom. The molecular formula is C11H15BrN2O3S2. The average molecular weight is 367 g/mol. The Morgan fingerprint density at radius 1 is 1.42 bits per heavy atom. The van der Waals surface area contributed by atoms with Crippen molar-refractivity contribution in [2.24, 2.45) is 0 Å². The van der Waals surface area contributed by atoms with Gasteiger partial charge in [-0.3, -0.25) is 10.7 Å². The second-order valence-electron chi connectivity index (χ2n) is 3.89. The normalized spacial score (nSPS) is 13.0. The van der Waals surface area contributed by atoms with E-state index in [9.17, 15) is 8.42 Å². The van der Waals surface area contributed by atoms with E-state index in [4.69, 9.17) is 17.4 Å². The van der Waals surface area contributed by atoms with Gasteiger partial charge in [0.2, 0.25) is 10.0 Å². The van der Waals surface area contributed by atoms with E-state index < -0.39 is 16.1 Å². The van der Waals surface area contributed by atoms with E-state index in [1.54, 1.807) is 12.1 Å². The molecule has 8 heteroatoms. The lowest BCUT2D eigenvalue weighted by Gasteiger charge is -2.18. The molecule has 0 heterocycles. The van der Waals surface area contributed by atoms with Crippen molar-refractivity contribution in [2.75, 3.05) is 0 Å². The largest absolute Gasteiger partial charge is 0.291 e. The van der Waals surface area contributed by atoms with Gasteiger partial charge in [-0.25, -0.2) is 13.1 Å². The van der Waals surface area contributed by atoms with Gasteiger partial charge in [0.15, 0.2) is 0 Å². The van der Waals surface area contributed by atoms with Gasteiger partial charge < -0.3 is 0 Å². The van der Waals surface area contributed by atoms with Gasteiger partial charge in [-0.15, -0.1) is 0 Å². The van der Waals surface area contributed by atoms with Crippen LogP contribution in [0.2, 0.25) is 0 Å². The Balaban J connectivity index is 2.93. The molecule has 106 valence electrons. The first-order valence-electron chi connectivity index (χ1n) is 5.62. The maximum absolute atomic E-state index is 12.2. The molecule has 0 aromatic heterocycles. The molecule has 0 radical (unpaired) electrons. The standard InChI is InChI=1S/C11H15BrN2O3S2/c1-2-3-10(11(18)13-15)14-19(16,17)9-6-4-8(12)5-7-9/h4-7,10,14-15H,2-3H2,1H3,(H,13,18)/t10-/m1/s1. The number of rotatable bonds is 6. The molecule has 0 spiro atoms. The number of nitrogens with one attached hydrogen (secondary N) is 2. The molecule has 0 unspecified atom stereocenters. The van der Waals surface area contributed by atoms with E-state index >= 15 is 0 Å². The summed E-state index contributed by atoms with van der Waals surface area (Å²) in [7, 11) is -3.66. The van der Waals surface area contributed by atoms with Gasteiger partial charge in [0.1, 0.15) is 4.99 Å². The number of hydrogen-bond acceptors (Lipinski definition) is 4. The molecule has 1 rings (SSSR count). The molecule has 0 amide bonds. The molecule has 1 aromatic rings. The van der Waals surface area contributed by atoms with Crippen LogP contribution in [0.1, 0.15) is 19.8 Å². The van der Waals surface area contributed by atoms with E-state index in [2.05, 4.69) is 20.7 Å². The highest BCUT2D eigenvalue weighted by Gasteiger charge is 2.22. The fourth-order valence-electron chi connectivity index (χ4n) is 1.48. The molecule has 0 aliphatic rings. The van der Waals surface area contributed by atoms with Crippen LogP contribution in [0.3, 0.4) is 0 Å². The molecule has 5 nitrogen and oxygen atoms in total. The van der Waals surface area contributed by atoms with Gasteiger partial charge >= 0.3 is 0 Å². The first-order chi connectivity index (χ1) is 8.90. The minimum atomic E-state index is -3.66. The summed E-state index contributed by atoms with van der Waals surface area (Å²) in [5, 5.41) is 8.80. The number of thiocarbonyl (C=S) groups is 1. The van der Waals surface area contributed by atoms with Gasteiger partial charge in [-0.05, 0) is 30.7 Å². The first-order valence-corrected chi connectivity index (χ1v) is 8.31. The van der Waals surface area contributed by atoms with Gasteiger partial charge in [-0.1, -0.05) is 41.5 Å². The van der Waals surface area contributed by atoms with Crippen molar-refractivity contribution in [1.82, 2.24) is 10.2 Å². The van der Waals surface area contributed by atoms with Crippen molar-refractivity contribution in [3.8, 4) is 0 Å². The highest BCUT2D eigenvalue weighted by molar-refractivity contribution is 9.10. The third-order valence-corrected chi connectivity index (χ3v) is 4.82. The third kappa shape index (κ3) is 4.81. The lowest BCUT2D eigenvalue weighted by molar-refractivity contribution is 0.232. The van der Waals surface area contributed by atoms with Gasteiger partial charge in [0, 0.05) is 4.47 Å². The number of sulfonamides is 1. The summed E-state index contributed by atoms with van der Waals surface area (Å²) in [6.07, 6.45) is 1.23. The van der Waals surface area contributed by atoms with Crippen molar-refractivity contribution in [3.63, 3.8) is 0 Å². The summed E-state index contributed by atoms with van der Waals surface area (Å²) in [5.41, 5.74) is 1.83. The van der Waals surface area contributed by atoms with Crippen LogP contribution in [0.4, 0.5) is 0 Å². The lowest BCUT2D eigenvalue weighted by atomic mass is 10.2. The average Bonchev–Trinajstić information content (AvgIpc) is 2.37. The number of halogens is 1. The summed E-state index contributed by atoms with van der Waals surface area (Å²) in [6, 6.07) is 5.65. The summed E-state index contributed by atoms with van der Waals surface area (Å²) in [6.45, 7) is 1.90. The van der Waals surface area contributed by atoms with Crippen LogP contribution in [-0.2, 0) is 10.0 Å². The SMILES string of the molecule is CCC[C@@H](NS(=O)(=O)c1ccc(Br)cc1)C(=S)NO. The van der Waals surface area contributed by atoms with Gasteiger partial charge in [0.25, 0.3) is 0 Å². The molecule has 0 saturated carbocycles. The smallest absolute Gasteiger partial charge is 0.241 e. The predicted molar refractivity (Wildman–Crippen MR) is 80.7 cm³/mol. The van der Waals surface area contributed by atoms with Crippen LogP contribution >= 0.6 is 28.1 Å². The third-order valence-electron chi connectivity index (χ3n) is 2.43. The van der Waals surface area contributed by atoms with Crippen LogP contribution in [-0.4, -0.2) is 24.7 Å². The van der Waals surface area contributed by atoms with Crippen molar-refractivity contribution in [3.05, 3.63) is 28.7 Å². The van der Waals surface area contributed by atoms with E-state index in [1.807, 2.05) is 12.4 Å². The quantitative estimate of drug-likeness (QED) is 0.531. The molecule has 0 saturated heterocycles. The molecule has 1 atom stereocenters. The van der Waals surface area contributed by atoms with Crippen molar-refractivity contribution in [2.45, 2.75) is 30.7 Å². The Hall–Kier alpha value is -0.540. The molecular weight excluding hydrogens is 352 g/mol. The highest BCUT2D eigenvalue weighted by Crippen LogP contribution is 2.15. The molecule has 0 aliphatic carbocycles. The fraction of sp³-hybridized carbons (Fsp3) is 0.364. The van der Waals surface area contributed by atoms with Crippen LogP contribution in [0.25, 0.3) is 0 Å². The van der Waals surface area contributed by atoms with E-state index in [1.165, 1.54) is 12.1 Å². The minimum absolute atomic E-state index is 0.0579. The summed E-state index contributed by atoms with van der Waals surface area (Å²) in [4.78, 5) is 0.208. The molecule has 19 heavy (non-hydrogen) atoms. The fourth-order valence-corrected chi connectivity index (χ4v) is 3.24. The zero-order chi connectivity index (χ0) is 14.5. The number of hydrogen-bond donors (Lipinski definition) is 3. The Morgan fingerprint density at radius 3 is 2.47 bits per heavy atom. The summed E-state index contributed by atoms with van der Waals surface area (Å²) in [5.74, 6) is 0. The maximum Gasteiger partial charge on any atom is 0.241 e. The molecule has 0 fully saturated rings. The summed E-state index contributed by atoms with van der Waals surface area (Å²) >= 11 is 8.13. The lowest BCUT2D eigenvalue weighted by Crippen LogP contribution is -2.44.